The lowest BCUT2D eigenvalue weighted by atomic mass is 10.1. The van der Waals surface area contributed by atoms with Gasteiger partial charge < -0.3 is 10.2 Å². The number of amides is 2. The SMILES string of the molecule is Cc1c(NC(=O)C2CC(=O)N(c3ccc4c(c3)CCC4)C2)cccc1[N+](=O)[O-]. The van der Waals surface area contributed by atoms with Gasteiger partial charge in [-0.15, -0.1) is 0 Å². The van der Waals surface area contributed by atoms with Crippen LogP contribution in [-0.4, -0.2) is 23.3 Å². The first kappa shape index (κ1) is 18.2. The van der Waals surface area contributed by atoms with E-state index in [0.717, 1.165) is 24.9 Å². The summed E-state index contributed by atoms with van der Waals surface area (Å²) in [5, 5.41) is 13.8. The van der Waals surface area contributed by atoms with Crippen molar-refractivity contribution in [2.45, 2.75) is 32.6 Å². The molecule has 0 aromatic heterocycles. The summed E-state index contributed by atoms with van der Waals surface area (Å²) in [6.45, 7) is 1.92. The molecule has 28 heavy (non-hydrogen) atoms. The third-order valence-electron chi connectivity index (χ3n) is 5.65. The van der Waals surface area contributed by atoms with Crippen LogP contribution in [0.15, 0.2) is 36.4 Å². The molecule has 0 radical (unpaired) electrons. The summed E-state index contributed by atoms with van der Waals surface area (Å²) >= 11 is 0. The number of nitro benzene ring substituents is 1. The van der Waals surface area contributed by atoms with Crippen molar-refractivity contribution < 1.29 is 14.5 Å². The van der Waals surface area contributed by atoms with Gasteiger partial charge in [-0.3, -0.25) is 19.7 Å². The second-order valence-corrected chi connectivity index (χ2v) is 7.41. The second-order valence-electron chi connectivity index (χ2n) is 7.41. The Balaban J connectivity index is 1.49. The van der Waals surface area contributed by atoms with Crippen molar-refractivity contribution in [2.24, 2.45) is 5.92 Å². The minimum Gasteiger partial charge on any atom is -0.325 e. The number of carbonyl (C=O) groups is 2. The lowest BCUT2D eigenvalue weighted by Gasteiger charge is -2.18. The van der Waals surface area contributed by atoms with Crippen LogP contribution in [0.4, 0.5) is 17.1 Å². The molecule has 0 bridgehead atoms. The van der Waals surface area contributed by atoms with Gasteiger partial charge in [-0.1, -0.05) is 12.1 Å². The molecule has 144 valence electrons. The normalized spacial score (nSPS) is 18.2. The number of rotatable bonds is 4. The fourth-order valence-electron chi connectivity index (χ4n) is 4.05. The molecule has 1 N–H and O–H groups in total. The van der Waals surface area contributed by atoms with Crippen molar-refractivity contribution in [1.82, 2.24) is 0 Å². The number of nitrogens with one attached hydrogen (secondary N) is 1. The maximum Gasteiger partial charge on any atom is 0.274 e. The molecule has 1 unspecified atom stereocenters. The largest absolute Gasteiger partial charge is 0.325 e. The zero-order valence-electron chi connectivity index (χ0n) is 15.6. The van der Waals surface area contributed by atoms with Gasteiger partial charge in [-0.2, -0.15) is 0 Å². The lowest BCUT2D eigenvalue weighted by molar-refractivity contribution is -0.385. The molecule has 0 spiro atoms. The van der Waals surface area contributed by atoms with Gasteiger partial charge in [-0.05, 0) is 55.5 Å². The van der Waals surface area contributed by atoms with Crippen LogP contribution in [-0.2, 0) is 22.4 Å². The van der Waals surface area contributed by atoms with Crippen LogP contribution in [0.2, 0.25) is 0 Å². The third-order valence-corrected chi connectivity index (χ3v) is 5.65. The average Bonchev–Trinajstić information content (AvgIpc) is 3.28. The Morgan fingerprint density at radius 3 is 2.79 bits per heavy atom. The summed E-state index contributed by atoms with van der Waals surface area (Å²) in [4.78, 5) is 37.5. The Labute approximate surface area is 162 Å². The highest BCUT2D eigenvalue weighted by molar-refractivity contribution is 6.03. The van der Waals surface area contributed by atoms with E-state index >= 15 is 0 Å². The summed E-state index contributed by atoms with van der Waals surface area (Å²) in [5.41, 5.74) is 4.23. The van der Waals surface area contributed by atoms with Gasteiger partial charge in [0.25, 0.3) is 5.69 Å². The summed E-state index contributed by atoms with van der Waals surface area (Å²) in [5.74, 6) is -0.853. The van der Waals surface area contributed by atoms with Crippen molar-refractivity contribution in [3.63, 3.8) is 0 Å². The van der Waals surface area contributed by atoms with E-state index in [9.17, 15) is 19.7 Å². The standard InChI is InChI=1S/C21H21N3O4/c1-13-18(6-3-7-19(13)24(27)28)22-21(26)16-11-20(25)23(12-16)17-9-8-14-4-2-5-15(14)10-17/h3,6-10,16H,2,4-5,11-12H2,1H3,(H,22,26). The van der Waals surface area contributed by atoms with Crippen LogP contribution in [0.5, 0.6) is 0 Å². The topological polar surface area (TPSA) is 92.6 Å². The third kappa shape index (κ3) is 3.24. The molecule has 0 saturated carbocycles. The highest BCUT2D eigenvalue weighted by Gasteiger charge is 2.35. The Bertz CT molecular complexity index is 986. The van der Waals surface area contributed by atoms with Crippen LogP contribution >= 0.6 is 0 Å². The first-order valence-corrected chi connectivity index (χ1v) is 9.41. The van der Waals surface area contributed by atoms with Gasteiger partial charge in [0.05, 0.1) is 22.1 Å². The predicted molar refractivity (Wildman–Crippen MR) is 105 cm³/mol. The number of anilines is 2. The molecule has 7 nitrogen and oxygen atoms in total. The minimum atomic E-state index is -0.487. The number of nitro groups is 1. The van der Waals surface area contributed by atoms with E-state index in [1.807, 2.05) is 6.07 Å². The first-order valence-electron chi connectivity index (χ1n) is 9.41. The molecule has 1 saturated heterocycles. The number of hydrogen-bond acceptors (Lipinski definition) is 4. The quantitative estimate of drug-likeness (QED) is 0.651. The summed E-state index contributed by atoms with van der Waals surface area (Å²) < 4.78 is 0. The molecule has 2 aliphatic rings. The predicted octanol–water partition coefficient (Wildman–Crippen LogP) is 3.38. The molecule has 1 fully saturated rings. The van der Waals surface area contributed by atoms with Crippen molar-refractivity contribution in [1.29, 1.82) is 0 Å². The van der Waals surface area contributed by atoms with Crippen LogP contribution < -0.4 is 10.2 Å². The molecular formula is C21H21N3O4. The fourth-order valence-corrected chi connectivity index (χ4v) is 4.05. The Hall–Kier alpha value is -3.22. The Morgan fingerprint density at radius 1 is 1.21 bits per heavy atom. The highest BCUT2D eigenvalue weighted by Crippen LogP contribution is 2.31. The number of hydrogen-bond donors (Lipinski definition) is 1. The zero-order valence-corrected chi connectivity index (χ0v) is 15.6. The van der Waals surface area contributed by atoms with Gasteiger partial charge in [0.2, 0.25) is 11.8 Å². The van der Waals surface area contributed by atoms with E-state index in [2.05, 4.69) is 17.4 Å². The van der Waals surface area contributed by atoms with Crippen molar-refractivity contribution >= 4 is 28.9 Å². The molecule has 2 amide bonds. The van der Waals surface area contributed by atoms with Crippen molar-refractivity contribution in [2.75, 3.05) is 16.8 Å². The maximum absolute atomic E-state index is 12.7. The van der Waals surface area contributed by atoms with E-state index < -0.39 is 10.8 Å². The van der Waals surface area contributed by atoms with Gasteiger partial charge in [0, 0.05) is 24.7 Å². The van der Waals surface area contributed by atoms with Crippen LogP contribution in [0.25, 0.3) is 0 Å². The highest BCUT2D eigenvalue weighted by atomic mass is 16.6. The molecule has 1 aliphatic carbocycles. The van der Waals surface area contributed by atoms with Crippen LogP contribution in [0, 0.1) is 23.0 Å². The van der Waals surface area contributed by atoms with Crippen molar-refractivity contribution in [3.05, 3.63) is 63.2 Å². The smallest absolute Gasteiger partial charge is 0.274 e. The van der Waals surface area contributed by atoms with Crippen molar-refractivity contribution in [3.8, 4) is 0 Å². The van der Waals surface area contributed by atoms with E-state index in [4.69, 9.17) is 0 Å². The Kier molecular flexibility index (Phi) is 4.58. The lowest BCUT2D eigenvalue weighted by Crippen LogP contribution is -2.28. The van der Waals surface area contributed by atoms with Crippen LogP contribution in [0.3, 0.4) is 0 Å². The van der Waals surface area contributed by atoms with Crippen LogP contribution in [0.1, 0.15) is 29.5 Å². The summed E-state index contributed by atoms with van der Waals surface area (Å²) in [6, 6.07) is 10.7. The van der Waals surface area contributed by atoms with E-state index in [0.29, 0.717) is 17.8 Å². The molecule has 1 atom stereocenters. The zero-order chi connectivity index (χ0) is 19.8. The average molecular weight is 379 g/mol. The minimum absolute atomic E-state index is 0.0416. The van der Waals surface area contributed by atoms with E-state index in [1.165, 1.54) is 23.3 Å². The van der Waals surface area contributed by atoms with Gasteiger partial charge in [0.1, 0.15) is 0 Å². The summed E-state index contributed by atoms with van der Waals surface area (Å²) in [6.07, 6.45) is 3.38. The van der Waals surface area contributed by atoms with Gasteiger partial charge in [0.15, 0.2) is 0 Å². The second kappa shape index (κ2) is 7.07. The molecule has 4 rings (SSSR count). The van der Waals surface area contributed by atoms with Gasteiger partial charge >= 0.3 is 0 Å². The monoisotopic (exact) mass is 379 g/mol. The molecule has 1 heterocycles. The number of benzene rings is 2. The molecule has 1 aliphatic heterocycles. The number of carbonyl (C=O) groups excluding carboxylic acids is 2. The molecular weight excluding hydrogens is 358 g/mol. The summed E-state index contributed by atoms with van der Waals surface area (Å²) in [7, 11) is 0. The fraction of sp³-hybridized carbons (Fsp3) is 0.333. The first-order chi connectivity index (χ1) is 13.4. The van der Waals surface area contributed by atoms with E-state index in [1.54, 1.807) is 17.9 Å². The number of aryl methyl sites for hydroxylation is 2. The molecule has 2 aromatic rings. The Morgan fingerprint density at radius 2 is 2.00 bits per heavy atom. The number of nitrogens with zero attached hydrogens (tertiary/aromatic N) is 2. The molecule has 7 heteroatoms. The van der Waals surface area contributed by atoms with E-state index in [-0.39, 0.29) is 23.9 Å². The molecule has 2 aromatic carbocycles. The van der Waals surface area contributed by atoms with Gasteiger partial charge in [-0.25, -0.2) is 0 Å². The maximum atomic E-state index is 12.7. The number of fused-ring (bicyclic) bond motifs is 1.